The molecule has 0 radical (unpaired) electrons. The molecule has 1 aliphatic rings. The number of pyridine rings is 1. The van der Waals surface area contributed by atoms with Crippen LogP contribution in [0.25, 0.3) is 0 Å². The van der Waals surface area contributed by atoms with E-state index in [4.69, 9.17) is 0 Å². The van der Waals surface area contributed by atoms with Crippen molar-refractivity contribution in [2.24, 2.45) is 5.92 Å². The van der Waals surface area contributed by atoms with Crippen LogP contribution in [-0.4, -0.2) is 34.0 Å². The summed E-state index contributed by atoms with van der Waals surface area (Å²) < 4.78 is 0. The van der Waals surface area contributed by atoms with Crippen LogP contribution >= 0.6 is 0 Å². The van der Waals surface area contributed by atoms with Crippen molar-refractivity contribution in [3.63, 3.8) is 0 Å². The fourth-order valence-corrected chi connectivity index (χ4v) is 3.62. The minimum atomic E-state index is -0.689. The monoisotopic (exact) mass is 324 g/mol. The quantitative estimate of drug-likeness (QED) is 0.934. The molecule has 2 unspecified atom stereocenters. The van der Waals surface area contributed by atoms with Crippen molar-refractivity contribution in [1.82, 2.24) is 9.88 Å². The standard InChI is InChI=1S/C20H24N2O2/c1-14-7-8-15(2)18(11-14)19(16-5-3-9-21-12-16)22-10-4-6-17(13-22)20(23)24/h3,5,7-9,11-12,17,19H,4,6,10,13H2,1-2H3,(H,23,24). The second-order valence-electron chi connectivity index (χ2n) is 6.72. The van der Waals surface area contributed by atoms with E-state index in [1.54, 1.807) is 6.20 Å². The topological polar surface area (TPSA) is 53.4 Å². The van der Waals surface area contributed by atoms with Gasteiger partial charge < -0.3 is 5.11 Å². The fourth-order valence-electron chi connectivity index (χ4n) is 3.62. The number of carbonyl (C=O) groups is 1. The van der Waals surface area contributed by atoms with Gasteiger partial charge in [0, 0.05) is 18.9 Å². The van der Waals surface area contributed by atoms with Crippen molar-refractivity contribution in [1.29, 1.82) is 0 Å². The number of aryl methyl sites for hydroxylation is 2. The summed E-state index contributed by atoms with van der Waals surface area (Å²) in [7, 11) is 0. The van der Waals surface area contributed by atoms with Gasteiger partial charge in [-0.25, -0.2) is 0 Å². The van der Waals surface area contributed by atoms with Gasteiger partial charge in [0.2, 0.25) is 0 Å². The molecule has 1 saturated heterocycles. The van der Waals surface area contributed by atoms with E-state index < -0.39 is 5.97 Å². The van der Waals surface area contributed by atoms with E-state index in [0.717, 1.165) is 24.9 Å². The summed E-state index contributed by atoms with van der Waals surface area (Å²) in [5.41, 5.74) is 4.81. The summed E-state index contributed by atoms with van der Waals surface area (Å²) in [5.74, 6) is -0.978. The van der Waals surface area contributed by atoms with Gasteiger partial charge in [0.1, 0.15) is 0 Å². The highest BCUT2D eigenvalue weighted by molar-refractivity contribution is 5.70. The number of benzene rings is 1. The molecule has 1 aromatic heterocycles. The van der Waals surface area contributed by atoms with Gasteiger partial charge in [0.25, 0.3) is 0 Å². The summed E-state index contributed by atoms with van der Waals surface area (Å²) in [6.45, 7) is 5.72. The number of aliphatic carboxylic acids is 1. The molecule has 1 aliphatic heterocycles. The summed E-state index contributed by atoms with van der Waals surface area (Å²) in [4.78, 5) is 18.1. The molecule has 2 aromatic rings. The maximum atomic E-state index is 11.5. The Balaban J connectivity index is 2.02. The van der Waals surface area contributed by atoms with Gasteiger partial charge in [-0.3, -0.25) is 14.7 Å². The van der Waals surface area contributed by atoms with Gasteiger partial charge in [-0.15, -0.1) is 0 Å². The third-order valence-electron chi connectivity index (χ3n) is 4.90. The number of likely N-dealkylation sites (tertiary alicyclic amines) is 1. The van der Waals surface area contributed by atoms with Gasteiger partial charge in [-0.1, -0.05) is 29.8 Å². The van der Waals surface area contributed by atoms with E-state index in [0.29, 0.717) is 6.54 Å². The number of carboxylic acids is 1. The molecule has 126 valence electrons. The Morgan fingerprint density at radius 3 is 2.88 bits per heavy atom. The molecule has 2 heterocycles. The zero-order chi connectivity index (χ0) is 17.1. The first-order valence-electron chi connectivity index (χ1n) is 8.50. The van der Waals surface area contributed by atoms with Crippen LogP contribution in [0.15, 0.2) is 42.7 Å². The zero-order valence-corrected chi connectivity index (χ0v) is 14.3. The molecule has 1 fully saturated rings. The lowest BCUT2D eigenvalue weighted by Crippen LogP contribution is -2.41. The molecular formula is C20H24N2O2. The molecule has 0 saturated carbocycles. The minimum Gasteiger partial charge on any atom is -0.481 e. The summed E-state index contributed by atoms with van der Waals surface area (Å²) in [5, 5.41) is 9.44. The second kappa shape index (κ2) is 7.14. The smallest absolute Gasteiger partial charge is 0.307 e. The molecule has 4 nitrogen and oxygen atoms in total. The van der Waals surface area contributed by atoms with Crippen molar-refractivity contribution >= 4 is 5.97 Å². The Bertz CT molecular complexity index is 715. The normalized spacial score (nSPS) is 19.8. The van der Waals surface area contributed by atoms with Crippen LogP contribution in [0, 0.1) is 19.8 Å². The van der Waals surface area contributed by atoms with Crippen molar-refractivity contribution in [2.75, 3.05) is 13.1 Å². The second-order valence-corrected chi connectivity index (χ2v) is 6.72. The SMILES string of the molecule is Cc1ccc(C)c(C(c2cccnc2)N2CCCC(C(=O)O)C2)c1. The van der Waals surface area contributed by atoms with Gasteiger partial charge in [0.05, 0.1) is 12.0 Å². The Hall–Kier alpha value is -2.20. The van der Waals surface area contributed by atoms with Crippen molar-refractivity contribution < 1.29 is 9.90 Å². The lowest BCUT2D eigenvalue weighted by atomic mass is 9.89. The van der Waals surface area contributed by atoms with E-state index in [2.05, 4.69) is 48.0 Å². The third kappa shape index (κ3) is 3.49. The third-order valence-corrected chi connectivity index (χ3v) is 4.90. The number of hydrogen-bond donors (Lipinski definition) is 1. The van der Waals surface area contributed by atoms with Crippen molar-refractivity contribution in [3.05, 3.63) is 65.0 Å². The molecule has 0 aliphatic carbocycles. The molecule has 1 N–H and O–H groups in total. The van der Waals surface area contributed by atoms with Gasteiger partial charge in [0.15, 0.2) is 0 Å². The zero-order valence-electron chi connectivity index (χ0n) is 14.3. The molecule has 0 spiro atoms. The van der Waals surface area contributed by atoms with Crippen LogP contribution in [-0.2, 0) is 4.79 Å². The molecule has 0 bridgehead atoms. The van der Waals surface area contributed by atoms with E-state index >= 15 is 0 Å². The first-order chi connectivity index (χ1) is 11.6. The Labute approximate surface area is 143 Å². The maximum Gasteiger partial charge on any atom is 0.307 e. The number of rotatable bonds is 4. The number of aromatic nitrogens is 1. The lowest BCUT2D eigenvalue weighted by molar-refractivity contribution is -0.143. The molecule has 24 heavy (non-hydrogen) atoms. The number of piperidine rings is 1. The largest absolute Gasteiger partial charge is 0.481 e. The Kier molecular flexibility index (Phi) is 4.95. The number of nitrogens with zero attached hydrogens (tertiary/aromatic N) is 2. The molecule has 3 rings (SSSR count). The Morgan fingerprint density at radius 1 is 1.33 bits per heavy atom. The predicted octanol–water partition coefficient (Wildman–Crippen LogP) is 3.58. The molecular weight excluding hydrogens is 300 g/mol. The number of hydrogen-bond acceptors (Lipinski definition) is 3. The highest BCUT2D eigenvalue weighted by atomic mass is 16.4. The first kappa shape index (κ1) is 16.7. The summed E-state index contributed by atoms with van der Waals surface area (Å²) in [6.07, 6.45) is 5.35. The Morgan fingerprint density at radius 2 is 2.17 bits per heavy atom. The first-order valence-corrected chi connectivity index (χ1v) is 8.50. The highest BCUT2D eigenvalue weighted by Gasteiger charge is 2.31. The highest BCUT2D eigenvalue weighted by Crippen LogP contribution is 2.34. The predicted molar refractivity (Wildman–Crippen MR) is 93.9 cm³/mol. The van der Waals surface area contributed by atoms with Crippen molar-refractivity contribution in [3.8, 4) is 0 Å². The van der Waals surface area contributed by atoms with Gasteiger partial charge >= 0.3 is 5.97 Å². The lowest BCUT2D eigenvalue weighted by Gasteiger charge is -2.38. The van der Waals surface area contributed by atoms with Gasteiger partial charge in [-0.05, 0) is 56.0 Å². The van der Waals surface area contributed by atoms with Crippen LogP contribution in [0.3, 0.4) is 0 Å². The molecule has 1 aromatic carbocycles. The average Bonchev–Trinajstić information content (AvgIpc) is 2.59. The maximum absolute atomic E-state index is 11.5. The van der Waals surface area contributed by atoms with Crippen LogP contribution < -0.4 is 0 Å². The van der Waals surface area contributed by atoms with E-state index in [9.17, 15) is 9.90 Å². The van der Waals surface area contributed by atoms with Crippen LogP contribution in [0.4, 0.5) is 0 Å². The summed E-state index contributed by atoms with van der Waals surface area (Å²) in [6, 6.07) is 10.6. The van der Waals surface area contributed by atoms with Crippen LogP contribution in [0.5, 0.6) is 0 Å². The van der Waals surface area contributed by atoms with Crippen molar-refractivity contribution in [2.45, 2.75) is 32.7 Å². The molecule has 0 amide bonds. The summed E-state index contributed by atoms with van der Waals surface area (Å²) >= 11 is 0. The van der Waals surface area contributed by atoms with E-state index in [1.165, 1.54) is 16.7 Å². The molecule has 4 heteroatoms. The van der Waals surface area contributed by atoms with Crippen LogP contribution in [0.2, 0.25) is 0 Å². The minimum absolute atomic E-state index is 0.0562. The average molecular weight is 324 g/mol. The van der Waals surface area contributed by atoms with E-state index in [1.807, 2.05) is 12.3 Å². The van der Waals surface area contributed by atoms with E-state index in [-0.39, 0.29) is 12.0 Å². The number of carboxylic acid groups (broad SMARTS) is 1. The van der Waals surface area contributed by atoms with Gasteiger partial charge in [-0.2, -0.15) is 0 Å². The molecule has 2 atom stereocenters. The van der Waals surface area contributed by atoms with Crippen LogP contribution in [0.1, 0.15) is 41.1 Å². The fraction of sp³-hybridized carbons (Fsp3) is 0.400.